The van der Waals surface area contributed by atoms with Crippen molar-refractivity contribution in [2.45, 2.75) is 13.5 Å². The summed E-state index contributed by atoms with van der Waals surface area (Å²) < 4.78 is 0. The van der Waals surface area contributed by atoms with Crippen molar-refractivity contribution in [1.29, 1.82) is 0 Å². The smallest absolute Gasteiger partial charge is 0.269 e. The molecule has 1 heterocycles. The monoisotopic (exact) mass is 309 g/mol. The molecule has 0 bridgehead atoms. The zero-order chi connectivity index (χ0) is 16.2. The lowest BCUT2D eigenvalue weighted by atomic mass is 10.2. The summed E-state index contributed by atoms with van der Waals surface area (Å²) in [6.07, 6.45) is 0. The van der Waals surface area contributed by atoms with Crippen molar-refractivity contribution in [3.63, 3.8) is 0 Å². The SMILES string of the molecule is Cc1nc2ccccc2nc1NNCc1cccc([N+](=O)[O-])c1. The summed E-state index contributed by atoms with van der Waals surface area (Å²) >= 11 is 0. The Bertz CT molecular complexity index is 866. The predicted octanol–water partition coefficient (Wildman–Crippen LogP) is 2.96. The maximum Gasteiger partial charge on any atom is 0.269 e. The summed E-state index contributed by atoms with van der Waals surface area (Å²) in [5.41, 5.74) is 9.32. The van der Waals surface area contributed by atoms with Gasteiger partial charge in [0.05, 0.1) is 21.7 Å². The lowest BCUT2D eigenvalue weighted by Crippen LogP contribution is -2.22. The number of nitro benzene ring substituents is 1. The molecule has 0 aliphatic carbocycles. The minimum absolute atomic E-state index is 0.0750. The summed E-state index contributed by atoms with van der Waals surface area (Å²) in [5, 5.41) is 10.8. The minimum Gasteiger partial charge on any atom is -0.304 e. The minimum atomic E-state index is -0.407. The standard InChI is InChI=1S/C16H15N5O2/c1-11-16(19-15-8-3-2-7-14(15)18-11)20-17-10-12-5-4-6-13(9-12)21(22)23/h2-9,17H,10H2,1H3,(H,19,20). The van der Waals surface area contributed by atoms with Crippen LogP contribution in [0.15, 0.2) is 48.5 Å². The Morgan fingerprint density at radius 1 is 1.09 bits per heavy atom. The van der Waals surface area contributed by atoms with Gasteiger partial charge in [-0.05, 0) is 24.6 Å². The number of hydrogen-bond donors (Lipinski definition) is 2. The van der Waals surface area contributed by atoms with Crippen molar-refractivity contribution in [2.24, 2.45) is 0 Å². The van der Waals surface area contributed by atoms with Gasteiger partial charge in [-0.1, -0.05) is 24.3 Å². The number of non-ortho nitro benzene ring substituents is 1. The molecular weight excluding hydrogens is 294 g/mol. The van der Waals surface area contributed by atoms with E-state index in [4.69, 9.17) is 0 Å². The predicted molar refractivity (Wildman–Crippen MR) is 87.8 cm³/mol. The van der Waals surface area contributed by atoms with Crippen molar-refractivity contribution in [3.05, 3.63) is 69.9 Å². The molecule has 0 amide bonds. The fourth-order valence-electron chi connectivity index (χ4n) is 2.22. The van der Waals surface area contributed by atoms with Gasteiger partial charge in [-0.2, -0.15) is 0 Å². The van der Waals surface area contributed by atoms with Crippen molar-refractivity contribution in [2.75, 3.05) is 5.43 Å². The highest BCUT2D eigenvalue weighted by Gasteiger charge is 2.06. The number of hydrogen-bond acceptors (Lipinski definition) is 6. The summed E-state index contributed by atoms with van der Waals surface area (Å²) in [4.78, 5) is 19.4. The zero-order valence-electron chi connectivity index (χ0n) is 12.5. The number of para-hydroxylation sites is 2. The number of benzene rings is 2. The van der Waals surface area contributed by atoms with Crippen LogP contribution in [0.1, 0.15) is 11.3 Å². The first kappa shape index (κ1) is 14.9. The molecule has 0 atom stereocenters. The first-order valence-electron chi connectivity index (χ1n) is 7.09. The summed E-state index contributed by atoms with van der Waals surface area (Å²) in [7, 11) is 0. The van der Waals surface area contributed by atoms with E-state index in [1.54, 1.807) is 6.07 Å². The second kappa shape index (κ2) is 6.37. The van der Waals surface area contributed by atoms with E-state index in [9.17, 15) is 10.1 Å². The van der Waals surface area contributed by atoms with Crippen LogP contribution in [0.5, 0.6) is 0 Å². The van der Waals surface area contributed by atoms with E-state index < -0.39 is 4.92 Å². The Morgan fingerprint density at radius 2 is 1.83 bits per heavy atom. The van der Waals surface area contributed by atoms with Crippen LogP contribution in [0.4, 0.5) is 11.5 Å². The number of nitrogens with one attached hydrogen (secondary N) is 2. The number of rotatable bonds is 5. The average Bonchev–Trinajstić information content (AvgIpc) is 2.55. The number of nitrogens with zero attached hydrogens (tertiary/aromatic N) is 3. The van der Waals surface area contributed by atoms with E-state index in [0.717, 1.165) is 22.3 Å². The van der Waals surface area contributed by atoms with Crippen molar-refractivity contribution in [3.8, 4) is 0 Å². The maximum absolute atomic E-state index is 10.8. The van der Waals surface area contributed by atoms with Crippen molar-refractivity contribution < 1.29 is 4.92 Å². The fourth-order valence-corrected chi connectivity index (χ4v) is 2.22. The molecule has 3 aromatic rings. The zero-order valence-corrected chi connectivity index (χ0v) is 12.5. The molecule has 2 N–H and O–H groups in total. The molecule has 23 heavy (non-hydrogen) atoms. The van der Waals surface area contributed by atoms with E-state index in [-0.39, 0.29) is 5.69 Å². The van der Waals surface area contributed by atoms with Crippen molar-refractivity contribution >= 4 is 22.5 Å². The molecule has 7 heteroatoms. The Hall–Kier alpha value is -3.06. The number of nitro groups is 1. The Kier molecular flexibility index (Phi) is 4.11. The largest absolute Gasteiger partial charge is 0.304 e. The topological polar surface area (TPSA) is 93.0 Å². The fraction of sp³-hybridized carbons (Fsp3) is 0.125. The van der Waals surface area contributed by atoms with E-state index >= 15 is 0 Å². The normalized spacial score (nSPS) is 10.7. The Labute approximate surface area is 132 Å². The summed E-state index contributed by atoms with van der Waals surface area (Å²) in [6, 6.07) is 14.1. The Balaban J connectivity index is 1.70. The third kappa shape index (κ3) is 3.41. The van der Waals surface area contributed by atoms with Crippen LogP contribution in [0.3, 0.4) is 0 Å². The number of aromatic nitrogens is 2. The average molecular weight is 309 g/mol. The van der Waals surface area contributed by atoms with Crippen LogP contribution < -0.4 is 10.9 Å². The maximum atomic E-state index is 10.8. The summed E-state index contributed by atoms with van der Waals surface area (Å²) in [5.74, 6) is 0.633. The number of hydrazine groups is 1. The number of fused-ring (bicyclic) bond motifs is 1. The van der Waals surface area contributed by atoms with Crippen LogP contribution in [0.25, 0.3) is 11.0 Å². The molecule has 0 radical (unpaired) electrons. The van der Waals surface area contributed by atoms with Gasteiger partial charge in [0.2, 0.25) is 0 Å². The molecule has 0 aliphatic heterocycles. The number of anilines is 1. The van der Waals surface area contributed by atoms with Crippen LogP contribution in [0, 0.1) is 17.0 Å². The van der Waals surface area contributed by atoms with Gasteiger partial charge in [-0.3, -0.25) is 10.1 Å². The van der Waals surface area contributed by atoms with Crippen LogP contribution in [-0.4, -0.2) is 14.9 Å². The molecule has 1 aromatic heterocycles. The quantitative estimate of drug-likeness (QED) is 0.556. The molecule has 0 unspecified atom stereocenters. The van der Waals surface area contributed by atoms with Crippen molar-refractivity contribution in [1.82, 2.24) is 15.4 Å². The van der Waals surface area contributed by atoms with Gasteiger partial charge >= 0.3 is 0 Å². The van der Waals surface area contributed by atoms with Gasteiger partial charge in [-0.25, -0.2) is 15.4 Å². The molecule has 0 saturated carbocycles. The van der Waals surface area contributed by atoms with E-state index in [1.807, 2.05) is 37.3 Å². The molecule has 0 fully saturated rings. The van der Waals surface area contributed by atoms with Gasteiger partial charge < -0.3 is 5.43 Å². The van der Waals surface area contributed by atoms with E-state index in [1.165, 1.54) is 12.1 Å². The van der Waals surface area contributed by atoms with Gasteiger partial charge in [-0.15, -0.1) is 0 Å². The van der Waals surface area contributed by atoms with Gasteiger partial charge in [0, 0.05) is 18.7 Å². The highest BCUT2D eigenvalue weighted by Crippen LogP contribution is 2.16. The Morgan fingerprint density at radius 3 is 2.57 bits per heavy atom. The molecule has 0 aliphatic rings. The lowest BCUT2D eigenvalue weighted by Gasteiger charge is -2.10. The highest BCUT2D eigenvalue weighted by molar-refractivity contribution is 5.76. The third-order valence-electron chi connectivity index (χ3n) is 3.37. The van der Waals surface area contributed by atoms with Gasteiger partial charge in [0.15, 0.2) is 5.82 Å². The number of aryl methyl sites for hydroxylation is 1. The third-order valence-corrected chi connectivity index (χ3v) is 3.37. The van der Waals surface area contributed by atoms with E-state index in [2.05, 4.69) is 20.8 Å². The van der Waals surface area contributed by atoms with Crippen LogP contribution in [0.2, 0.25) is 0 Å². The molecule has 0 spiro atoms. The van der Waals surface area contributed by atoms with Gasteiger partial charge in [0.1, 0.15) is 0 Å². The molecule has 2 aromatic carbocycles. The van der Waals surface area contributed by atoms with E-state index in [0.29, 0.717) is 12.4 Å². The second-order valence-corrected chi connectivity index (χ2v) is 5.05. The molecule has 0 saturated heterocycles. The van der Waals surface area contributed by atoms with Crippen LogP contribution in [-0.2, 0) is 6.54 Å². The first-order valence-corrected chi connectivity index (χ1v) is 7.09. The lowest BCUT2D eigenvalue weighted by molar-refractivity contribution is -0.384. The van der Waals surface area contributed by atoms with Gasteiger partial charge in [0.25, 0.3) is 5.69 Å². The molecule has 116 valence electrons. The second-order valence-electron chi connectivity index (χ2n) is 5.05. The summed E-state index contributed by atoms with van der Waals surface area (Å²) in [6.45, 7) is 2.30. The first-order chi connectivity index (χ1) is 11.1. The molecular formula is C16H15N5O2. The highest BCUT2D eigenvalue weighted by atomic mass is 16.6. The van der Waals surface area contributed by atoms with Crippen LogP contribution >= 0.6 is 0 Å². The molecule has 7 nitrogen and oxygen atoms in total. The molecule has 3 rings (SSSR count).